The third-order valence-corrected chi connectivity index (χ3v) is 3.76. The van der Waals surface area contributed by atoms with E-state index in [1.807, 2.05) is 13.0 Å². The highest BCUT2D eigenvalue weighted by Gasteiger charge is 2.34. The van der Waals surface area contributed by atoms with Gasteiger partial charge in [0.25, 0.3) is 0 Å². The minimum atomic E-state index is -4.73. The van der Waals surface area contributed by atoms with E-state index in [1.54, 1.807) is 5.38 Å². The Morgan fingerprint density at radius 3 is 2.40 bits per heavy atom. The van der Waals surface area contributed by atoms with Crippen molar-refractivity contribution < 1.29 is 17.6 Å². The molecular formula is C13H12F4N2S. The van der Waals surface area contributed by atoms with Crippen molar-refractivity contribution >= 4 is 11.3 Å². The van der Waals surface area contributed by atoms with Gasteiger partial charge in [-0.3, -0.25) is 5.84 Å². The molecule has 1 atom stereocenters. The summed E-state index contributed by atoms with van der Waals surface area (Å²) in [5.41, 5.74) is 2.18. The lowest BCUT2D eigenvalue weighted by atomic mass is 9.99. The molecule has 2 rings (SSSR count). The maximum absolute atomic E-state index is 13.3. The van der Waals surface area contributed by atoms with Crippen LogP contribution in [0.3, 0.4) is 0 Å². The molecule has 0 fully saturated rings. The number of thiophene rings is 1. The molecular weight excluding hydrogens is 292 g/mol. The number of nitrogens with one attached hydrogen (secondary N) is 1. The summed E-state index contributed by atoms with van der Waals surface area (Å²) in [7, 11) is 0. The molecule has 3 N–H and O–H groups in total. The molecule has 0 aliphatic carbocycles. The Morgan fingerprint density at radius 1 is 1.20 bits per heavy atom. The summed E-state index contributed by atoms with van der Waals surface area (Å²) in [5.74, 6) is 4.13. The quantitative estimate of drug-likeness (QED) is 0.515. The van der Waals surface area contributed by atoms with E-state index < -0.39 is 23.6 Å². The van der Waals surface area contributed by atoms with Crippen molar-refractivity contribution in [2.24, 2.45) is 5.84 Å². The highest BCUT2D eigenvalue weighted by Crippen LogP contribution is 2.34. The van der Waals surface area contributed by atoms with Gasteiger partial charge in [-0.15, -0.1) is 11.3 Å². The largest absolute Gasteiger partial charge is 0.419 e. The van der Waals surface area contributed by atoms with Gasteiger partial charge in [-0.1, -0.05) is 6.07 Å². The molecule has 1 aromatic carbocycles. The maximum Gasteiger partial charge on any atom is 0.419 e. The first-order chi connectivity index (χ1) is 9.32. The van der Waals surface area contributed by atoms with Crippen molar-refractivity contribution in [2.75, 3.05) is 0 Å². The third-order valence-electron chi connectivity index (χ3n) is 2.88. The molecule has 0 amide bonds. The van der Waals surface area contributed by atoms with E-state index in [0.717, 1.165) is 22.6 Å². The van der Waals surface area contributed by atoms with Crippen molar-refractivity contribution in [3.8, 4) is 0 Å². The van der Waals surface area contributed by atoms with Gasteiger partial charge in [0.15, 0.2) is 0 Å². The monoisotopic (exact) mass is 304 g/mol. The second-order valence-corrected chi connectivity index (χ2v) is 5.44. The Hall–Kier alpha value is -1.44. The first kappa shape index (κ1) is 15.0. The van der Waals surface area contributed by atoms with Crippen molar-refractivity contribution in [1.82, 2.24) is 5.43 Å². The van der Waals surface area contributed by atoms with Crippen LogP contribution in [0.2, 0.25) is 0 Å². The molecule has 0 aliphatic heterocycles. The fraction of sp³-hybridized carbons (Fsp3) is 0.231. The standard InChI is InChI=1S/C13H12F4N2S/c1-7-4-9(6-20-7)12(19-18)8-2-3-11(14)10(5-8)13(15,16)17/h2-6,12,19H,18H2,1H3. The van der Waals surface area contributed by atoms with Gasteiger partial charge >= 0.3 is 6.18 Å². The van der Waals surface area contributed by atoms with Gasteiger partial charge < -0.3 is 0 Å². The number of rotatable bonds is 3. The van der Waals surface area contributed by atoms with Gasteiger partial charge in [0.2, 0.25) is 0 Å². The summed E-state index contributed by atoms with van der Waals surface area (Å²) in [6, 6.07) is 4.10. The summed E-state index contributed by atoms with van der Waals surface area (Å²) in [6.07, 6.45) is -4.73. The molecule has 0 aliphatic rings. The highest BCUT2D eigenvalue weighted by molar-refractivity contribution is 7.10. The lowest BCUT2D eigenvalue weighted by Gasteiger charge is -2.17. The number of benzene rings is 1. The fourth-order valence-electron chi connectivity index (χ4n) is 1.94. The van der Waals surface area contributed by atoms with Crippen LogP contribution in [0.15, 0.2) is 29.6 Å². The van der Waals surface area contributed by atoms with Crippen LogP contribution in [0.1, 0.15) is 27.6 Å². The molecule has 2 aromatic rings. The maximum atomic E-state index is 13.3. The molecule has 0 saturated heterocycles. The Bertz CT molecular complexity index is 607. The smallest absolute Gasteiger partial charge is 0.271 e. The first-order valence-electron chi connectivity index (χ1n) is 5.70. The third kappa shape index (κ3) is 3.00. The van der Waals surface area contributed by atoms with Crippen LogP contribution in [-0.4, -0.2) is 0 Å². The van der Waals surface area contributed by atoms with Gasteiger partial charge in [0.05, 0.1) is 11.6 Å². The van der Waals surface area contributed by atoms with Gasteiger partial charge in [0.1, 0.15) is 5.82 Å². The number of nitrogens with two attached hydrogens (primary N) is 1. The predicted octanol–water partition coefficient (Wildman–Crippen LogP) is 3.77. The first-order valence-corrected chi connectivity index (χ1v) is 6.58. The Morgan fingerprint density at radius 2 is 1.90 bits per heavy atom. The van der Waals surface area contributed by atoms with E-state index >= 15 is 0 Å². The van der Waals surface area contributed by atoms with E-state index in [1.165, 1.54) is 17.4 Å². The predicted molar refractivity (Wildman–Crippen MR) is 69.6 cm³/mol. The van der Waals surface area contributed by atoms with E-state index in [4.69, 9.17) is 5.84 Å². The zero-order valence-electron chi connectivity index (χ0n) is 10.5. The van der Waals surface area contributed by atoms with Crippen LogP contribution in [-0.2, 0) is 6.18 Å². The lowest BCUT2D eigenvalue weighted by molar-refractivity contribution is -0.140. The minimum absolute atomic E-state index is 0.263. The SMILES string of the molecule is Cc1cc(C(NN)c2ccc(F)c(C(F)(F)F)c2)cs1. The molecule has 108 valence electrons. The molecule has 1 aromatic heterocycles. The number of hydrazine groups is 1. The van der Waals surface area contributed by atoms with E-state index in [2.05, 4.69) is 5.43 Å². The van der Waals surface area contributed by atoms with Crippen molar-refractivity contribution in [2.45, 2.75) is 19.1 Å². The number of hydrogen-bond acceptors (Lipinski definition) is 3. The van der Waals surface area contributed by atoms with Crippen LogP contribution >= 0.6 is 11.3 Å². The van der Waals surface area contributed by atoms with Crippen LogP contribution in [0.25, 0.3) is 0 Å². The van der Waals surface area contributed by atoms with Gasteiger partial charge in [-0.05, 0) is 41.6 Å². The summed E-state index contributed by atoms with van der Waals surface area (Å²) < 4.78 is 51.4. The average molecular weight is 304 g/mol. The van der Waals surface area contributed by atoms with Crippen LogP contribution in [0, 0.1) is 12.7 Å². The number of hydrogen-bond donors (Lipinski definition) is 2. The second-order valence-electron chi connectivity index (χ2n) is 4.33. The van der Waals surface area contributed by atoms with Gasteiger partial charge in [-0.25, -0.2) is 9.82 Å². The lowest BCUT2D eigenvalue weighted by Crippen LogP contribution is -2.29. The van der Waals surface area contributed by atoms with Crippen molar-refractivity contribution in [3.05, 3.63) is 57.0 Å². The highest BCUT2D eigenvalue weighted by atomic mass is 32.1. The van der Waals surface area contributed by atoms with Crippen LogP contribution in [0.5, 0.6) is 0 Å². The molecule has 0 saturated carbocycles. The van der Waals surface area contributed by atoms with E-state index in [9.17, 15) is 17.6 Å². The van der Waals surface area contributed by atoms with Crippen molar-refractivity contribution in [1.29, 1.82) is 0 Å². The topological polar surface area (TPSA) is 38.0 Å². The zero-order chi connectivity index (χ0) is 14.9. The Labute approximate surface area is 117 Å². The molecule has 0 radical (unpaired) electrons. The van der Waals surface area contributed by atoms with Crippen LogP contribution in [0.4, 0.5) is 17.6 Å². The summed E-state index contributed by atoms with van der Waals surface area (Å²) >= 11 is 1.46. The summed E-state index contributed by atoms with van der Waals surface area (Å²) in [6.45, 7) is 1.88. The summed E-state index contributed by atoms with van der Waals surface area (Å²) in [5, 5.41) is 1.80. The van der Waals surface area contributed by atoms with Gasteiger partial charge in [-0.2, -0.15) is 13.2 Å². The van der Waals surface area contributed by atoms with Crippen molar-refractivity contribution in [3.63, 3.8) is 0 Å². The molecule has 0 spiro atoms. The van der Waals surface area contributed by atoms with E-state index in [0.29, 0.717) is 0 Å². The molecule has 7 heteroatoms. The molecule has 0 bridgehead atoms. The van der Waals surface area contributed by atoms with Gasteiger partial charge in [0, 0.05) is 4.88 Å². The normalized spacial score (nSPS) is 13.5. The number of alkyl halides is 3. The molecule has 2 nitrogen and oxygen atoms in total. The molecule has 20 heavy (non-hydrogen) atoms. The average Bonchev–Trinajstić information content (AvgIpc) is 2.77. The number of aryl methyl sites for hydroxylation is 1. The number of halogens is 4. The zero-order valence-corrected chi connectivity index (χ0v) is 11.3. The second kappa shape index (κ2) is 5.51. The van der Waals surface area contributed by atoms with Crippen LogP contribution < -0.4 is 11.3 Å². The molecule has 1 unspecified atom stereocenters. The fourth-order valence-corrected chi connectivity index (χ4v) is 2.67. The van der Waals surface area contributed by atoms with E-state index in [-0.39, 0.29) is 5.56 Å². The summed E-state index contributed by atoms with van der Waals surface area (Å²) in [4.78, 5) is 1.01. The Kier molecular flexibility index (Phi) is 4.12. The minimum Gasteiger partial charge on any atom is -0.271 e. The Balaban J connectivity index is 2.46. The molecule has 1 heterocycles.